The van der Waals surface area contributed by atoms with Gasteiger partial charge >= 0.3 is 0 Å². The van der Waals surface area contributed by atoms with Crippen LogP contribution in [0.15, 0.2) is 42.5 Å². The van der Waals surface area contributed by atoms with Crippen molar-refractivity contribution in [2.75, 3.05) is 37.2 Å². The summed E-state index contributed by atoms with van der Waals surface area (Å²) >= 11 is 0. The number of likely N-dealkylation sites (tertiary alicyclic amines) is 1. The van der Waals surface area contributed by atoms with Gasteiger partial charge in [-0.05, 0) is 42.3 Å². The van der Waals surface area contributed by atoms with Crippen molar-refractivity contribution in [3.8, 4) is 11.8 Å². The molecule has 2 heterocycles. The minimum atomic E-state index is -3.25. The molecular formula is C21H24ClN3O3S. The van der Waals surface area contributed by atoms with Gasteiger partial charge in [0, 0.05) is 42.7 Å². The molecule has 6 nitrogen and oxygen atoms in total. The van der Waals surface area contributed by atoms with Gasteiger partial charge in [0.15, 0.2) is 0 Å². The van der Waals surface area contributed by atoms with Gasteiger partial charge in [0.25, 0.3) is 0 Å². The van der Waals surface area contributed by atoms with Gasteiger partial charge in [0.2, 0.25) is 10.0 Å². The van der Waals surface area contributed by atoms with Gasteiger partial charge in [-0.2, -0.15) is 5.26 Å². The quantitative estimate of drug-likeness (QED) is 0.783. The van der Waals surface area contributed by atoms with Crippen LogP contribution < -0.4 is 9.46 Å². The maximum absolute atomic E-state index is 11.3. The number of benzene rings is 2. The Morgan fingerprint density at radius 1 is 1.21 bits per heavy atom. The highest BCUT2D eigenvalue weighted by molar-refractivity contribution is 7.92. The summed E-state index contributed by atoms with van der Waals surface area (Å²) in [5.74, 6) is 1.79. The van der Waals surface area contributed by atoms with Gasteiger partial charge in [-0.25, -0.2) is 8.42 Å². The lowest BCUT2D eigenvalue weighted by atomic mass is 9.86. The Morgan fingerprint density at radius 2 is 1.97 bits per heavy atom. The van der Waals surface area contributed by atoms with E-state index < -0.39 is 10.0 Å². The monoisotopic (exact) mass is 433 g/mol. The molecule has 2 aliphatic heterocycles. The molecule has 1 N–H and O–H groups in total. The number of halogens is 1. The number of hydrogen-bond donors (Lipinski definition) is 1. The van der Waals surface area contributed by atoms with Crippen LogP contribution in [0.4, 0.5) is 5.69 Å². The zero-order valence-electron chi connectivity index (χ0n) is 16.2. The van der Waals surface area contributed by atoms with Crippen LogP contribution in [-0.2, 0) is 16.4 Å². The topological polar surface area (TPSA) is 82.4 Å². The fraction of sp³-hybridized carbons (Fsp3) is 0.381. The maximum atomic E-state index is 11.3. The summed E-state index contributed by atoms with van der Waals surface area (Å²) in [6.07, 6.45) is 2.06. The van der Waals surface area contributed by atoms with Gasteiger partial charge in [0.05, 0.1) is 24.5 Å². The highest BCUT2D eigenvalue weighted by Crippen LogP contribution is 2.41. The van der Waals surface area contributed by atoms with Gasteiger partial charge in [0.1, 0.15) is 5.75 Å². The van der Waals surface area contributed by atoms with E-state index in [1.54, 1.807) is 12.1 Å². The summed E-state index contributed by atoms with van der Waals surface area (Å²) in [7, 11) is -3.25. The molecular weight excluding hydrogens is 410 g/mol. The first kappa shape index (κ1) is 21.4. The first-order chi connectivity index (χ1) is 13.4. The Bertz CT molecular complexity index is 1020. The third-order valence-corrected chi connectivity index (χ3v) is 6.09. The molecule has 1 fully saturated rings. The normalized spacial score (nSPS) is 20.6. The molecule has 2 aliphatic rings. The minimum Gasteiger partial charge on any atom is -0.493 e. The predicted octanol–water partition coefficient (Wildman–Crippen LogP) is 3.00. The van der Waals surface area contributed by atoms with E-state index in [0.29, 0.717) is 23.1 Å². The first-order valence-corrected chi connectivity index (χ1v) is 11.3. The Balaban J connectivity index is 0.00000240. The number of anilines is 1. The summed E-state index contributed by atoms with van der Waals surface area (Å²) in [6.45, 7) is 3.64. The van der Waals surface area contributed by atoms with Crippen molar-refractivity contribution < 1.29 is 13.2 Å². The zero-order valence-corrected chi connectivity index (χ0v) is 17.8. The van der Waals surface area contributed by atoms with E-state index >= 15 is 0 Å². The molecule has 4 rings (SSSR count). The molecule has 0 aliphatic carbocycles. The van der Waals surface area contributed by atoms with Crippen LogP contribution in [0.3, 0.4) is 0 Å². The average molecular weight is 434 g/mol. The van der Waals surface area contributed by atoms with Crippen LogP contribution in [0.1, 0.15) is 22.6 Å². The number of rotatable bonds is 5. The van der Waals surface area contributed by atoms with Crippen molar-refractivity contribution in [1.82, 2.24) is 4.90 Å². The van der Waals surface area contributed by atoms with Crippen molar-refractivity contribution in [2.24, 2.45) is 5.92 Å². The van der Waals surface area contributed by atoms with Gasteiger partial charge in [-0.15, -0.1) is 12.4 Å². The van der Waals surface area contributed by atoms with E-state index in [1.165, 1.54) is 5.56 Å². The van der Waals surface area contributed by atoms with E-state index in [9.17, 15) is 13.7 Å². The third kappa shape index (κ3) is 5.02. The van der Waals surface area contributed by atoms with Crippen molar-refractivity contribution in [3.63, 3.8) is 0 Å². The lowest BCUT2D eigenvalue weighted by Crippen LogP contribution is -2.25. The van der Waals surface area contributed by atoms with Crippen LogP contribution in [-0.4, -0.2) is 45.8 Å². The molecule has 8 heteroatoms. The molecule has 0 bridgehead atoms. The highest BCUT2D eigenvalue weighted by atomic mass is 35.5. The molecule has 0 saturated carbocycles. The molecule has 0 radical (unpaired) electrons. The molecule has 2 aromatic rings. The molecule has 29 heavy (non-hydrogen) atoms. The van der Waals surface area contributed by atoms with Gasteiger partial charge in [-0.3, -0.25) is 4.72 Å². The second kappa shape index (κ2) is 8.62. The Hall–Kier alpha value is -2.27. The molecule has 2 unspecified atom stereocenters. The summed E-state index contributed by atoms with van der Waals surface area (Å²) in [5, 5.41) is 9.18. The summed E-state index contributed by atoms with van der Waals surface area (Å²) in [6, 6.07) is 15.5. The largest absolute Gasteiger partial charge is 0.493 e. The minimum absolute atomic E-state index is 0. The number of ether oxygens (including phenoxy) is 1. The average Bonchev–Trinajstić information content (AvgIpc) is 3.09. The highest BCUT2D eigenvalue weighted by Gasteiger charge is 2.38. The van der Waals surface area contributed by atoms with Crippen LogP contribution in [0.2, 0.25) is 0 Å². The Labute approximate surface area is 177 Å². The van der Waals surface area contributed by atoms with Crippen LogP contribution >= 0.6 is 12.4 Å². The van der Waals surface area contributed by atoms with Crippen LogP contribution in [0.5, 0.6) is 5.75 Å². The predicted molar refractivity (Wildman–Crippen MR) is 115 cm³/mol. The number of nitrogens with one attached hydrogen (secondary N) is 1. The molecule has 0 aromatic heterocycles. The fourth-order valence-corrected chi connectivity index (χ4v) is 4.71. The molecule has 1 saturated heterocycles. The van der Waals surface area contributed by atoms with E-state index in [2.05, 4.69) is 15.7 Å². The zero-order chi connectivity index (χ0) is 19.7. The maximum Gasteiger partial charge on any atom is 0.229 e. The van der Waals surface area contributed by atoms with Crippen molar-refractivity contribution in [3.05, 3.63) is 59.2 Å². The second-order valence-electron chi connectivity index (χ2n) is 7.62. The number of sulfonamides is 1. The Morgan fingerprint density at radius 3 is 2.66 bits per heavy atom. The van der Waals surface area contributed by atoms with Crippen LogP contribution in [0.25, 0.3) is 0 Å². The molecule has 2 atom stereocenters. The van der Waals surface area contributed by atoms with E-state index in [1.807, 2.05) is 30.3 Å². The lowest BCUT2D eigenvalue weighted by Gasteiger charge is -2.27. The Kier molecular flexibility index (Phi) is 6.37. The number of nitrogens with zero attached hydrogens (tertiary/aromatic N) is 2. The molecule has 2 aromatic carbocycles. The fourth-order valence-electron chi connectivity index (χ4n) is 4.14. The summed E-state index contributed by atoms with van der Waals surface area (Å²) in [5.41, 5.74) is 3.61. The van der Waals surface area contributed by atoms with Crippen LogP contribution in [0, 0.1) is 17.2 Å². The smallest absolute Gasteiger partial charge is 0.229 e. The van der Waals surface area contributed by atoms with Gasteiger partial charge < -0.3 is 9.64 Å². The summed E-state index contributed by atoms with van der Waals surface area (Å²) in [4.78, 5) is 2.45. The van der Waals surface area contributed by atoms with E-state index in [4.69, 9.17) is 4.74 Å². The molecule has 154 valence electrons. The second-order valence-corrected chi connectivity index (χ2v) is 9.37. The van der Waals surface area contributed by atoms with Gasteiger partial charge in [-0.1, -0.05) is 12.1 Å². The van der Waals surface area contributed by atoms with Crippen molar-refractivity contribution in [2.45, 2.75) is 12.3 Å². The lowest BCUT2D eigenvalue weighted by molar-refractivity contribution is 0.213. The van der Waals surface area contributed by atoms with E-state index in [-0.39, 0.29) is 12.4 Å². The number of fused-ring (bicyclic) bond motifs is 3. The van der Waals surface area contributed by atoms with E-state index in [0.717, 1.165) is 50.2 Å². The number of nitriles is 1. The molecule has 0 amide bonds. The van der Waals surface area contributed by atoms with Crippen molar-refractivity contribution >= 4 is 28.1 Å². The standard InChI is InChI=1S/C21H23N3O3S.ClH/c1-28(25,26)23-18-5-2-15(3-6-18)8-9-24-12-17-14-27-21-7-4-16(11-22)10-19(21)20(17)13-24;/h2-7,10,17,20,23H,8-9,12-14H2,1H3;1H. The number of hydrogen-bond acceptors (Lipinski definition) is 5. The van der Waals surface area contributed by atoms with Crippen molar-refractivity contribution in [1.29, 1.82) is 5.26 Å². The SMILES string of the molecule is CS(=O)(=O)Nc1ccc(CCN2CC3COc4ccc(C#N)cc4C3C2)cc1.Cl. The molecule has 0 spiro atoms. The first-order valence-electron chi connectivity index (χ1n) is 9.37. The third-order valence-electron chi connectivity index (χ3n) is 5.48. The summed E-state index contributed by atoms with van der Waals surface area (Å²) < 4.78 is 31.0.